The fourth-order valence-electron chi connectivity index (χ4n) is 2.48. The standard InChI is InChI=1S/C15H21FN2O.ClH/c1-2-18(11-12-6-5-7-13(16)10-12)15(19)14-8-3-4-9-17-14;/h5-7,10,14,17H,2-4,8-9,11H2,1H3;1H. The summed E-state index contributed by atoms with van der Waals surface area (Å²) in [4.78, 5) is 14.2. The Kier molecular flexibility index (Phi) is 6.96. The minimum absolute atomic E-state index is 0. The molecule has 1 amide bonds. The van der Waals surface area contributed by atoms with Crippen LogP contribution in [0.3, 0.4) is 0 Å². The molecule has 1 N–H and O–H groups in total. The zero-order chi connectivity index (χ0) is 13.7. The number of amides is 1. The van der Waals surface area contributed by atoms with Crippen LogP contribution in [0.5, 0.6) is 0 Å². The second kappa shape index (κ2) is 8.22. The van der Waals surface area contributed by atoms with Gasteiger partial charge in [-0.15, -0.1) is 12.4 Å². The molecule has 1 aliphatic rings. The van der Waals surface area contributed by atoms with Gasteiger partial charge in [-0.05, 0) is 44.0 Å². The molecule has 1 saturated heterocycles. The van der Waals surface area contributed by atoms with Crippen LogP contribution in [0, 0.1) is 5.82 Å². The van der Waals surface area contributed by atoms with Crippen LogP contribution in [0.4, 0.5) is 4.39 Å². The fourth-order valence-corrected chi connectivity index (χ4v) is 2.48. The molecule has 5 heteroatoms. The van der Waals surface area contributed by atoms with Crippen molar-refractivity contribution in [1.29, 1.82) is 0 Å². The van der Waals surface area contributed by atoms with Crippen molar-refractivity contribution in [2.24, 2.45) is 0 Å². The third-order valence-electron chi connectivity index (χ3n) is 3.56. The molecular formula is C15H22ClFN2O. The zero-order valence-electron chi connectivity index (χ0n) is 11.8. The lowest BCUT2D eigenvalue weighted by molar-refractivity contribution is -0.134. The first-order valence-corrected chi connectivity index (χ1v) is 6.97. The van der Waals surface area contributed by atoms with E-state index >= 15 is 0 Å². The van der Waals surface area contributed by atoms with Crippen LogP contribution in [0.1, 0.15) is 31.7 Å². The number of piperidine rings is 1. The number of halogens is 2. The lowest BCUT2D eigenvalue weighted by Crippen LogP contribution is -2.48. The fraction of sp³-hybridized carbons (Fsp3) is 0.533. The Morgan fingerprint density at radius 2 is 2.25 bits per heavy atom. The summed E-state index contributed by atoms with van der Waals surface area (Å²) < 4.78 is 13.2. The van der Waals surface area contributed by atoms with Gasteiger partial charge >= 0.3 is 0 Å². The highest BCUT2D eigenvalue weighted by Crippen LogP contribution is 2.13. The van der Waals surface area contributed by atoms with Gasteiger partial charge in [0, 0.05) is 13.1 Å². The smallest absolute Gasteiger partial charge is 0.239 e. The number of rotatable bonds is 4. The maximum atomic E-state index is 13.2. The molecule has 1 atom stereocenters. The Hall–Kier alpha value is -1.13. The van der Waals surface area contributed by atoms with Crippen LogP contribution >= 0.6 is 12.4 Å². The number of benzene rings is 1. The highest BCUT2D eigenvalue weighted by molar-refractivity contribution is 5.85. The van der Waals surface area contributed by atoms with E-state index in [-0.39, 0.29) is 30.2 Å². The quantitative estimate of drug-likeness (QED) is 0.927. The van der Waals surface area contributed by atoms with E-state index in [1.807, 2.05) is 13.0 Å². The molecular weight excluding hydrogens is 279 g/mol. The Morgan fingerprint density at radius 3 is 2.85 bits per heavy atom. The molecule has 1 unspecified atom stereocenters. The highest BCUT2D eigenvalue weighted by Gasteiger charge is 2.24. The van der Waals surface area contributed by atoms with Crippen LogP contribution in [-0.4, -0.2) is 29.9 Å². The van der Waals surface area contributed by atoms with Gasteiger partial charge in [-0.1, -0.05) is 18.6 Å². The van der Waals surface area contributed by atoms with E-state index in [0.29, 0.717) is 13.1 Å². The van der Waals surface area contributed by atoms with Crippen molar-refractivity contribution >= 4 is 18.3 Å². The summed E-state index contributed by atoms with van der Waals surface area (Å²) in [7, 11) is 0. The van der Waals surface area contributed by atoms with Gasteiger partial charge in [0.1, 0.15) is 5.82 Å². The van der Waals surface area contributed by atoms with Crippen LogP contribution in [-0.2, 0) is 11.3 Å². The minimum atomic E-state index is -0.253. The molecule has 0 radical (unpaired) electrons. The second-order valence-corrected chi connectivity index (χ2v) is 4.98. The average molecular weight is 301 g/mol. The van der Waals surface area contributed by atoms with Gasteiger partial charge in [0.25, 0.3) is 0 Å². The van der Waals surface area contributed by atoms with E-state index in [2.05, 4.69) is 5.32 Å². The van der Waals surface area contributed by atoms with Gasteiger partial charge in [-0.3, -0.25) is 4.79 Å². The van der Waals surface area contributed by atoms with Gasteiger partial charge < -0.3 is 10.2 Å². The predicted octanol–water partition coefficient (Wildman–Crippen LogP) is 2.74. The SMILES string of the molecule is CCN(Cc1cccc(F)c1)C(=O)C1CCCCN1.Cl. The summed E-state index contributed by atoms with van der Waals surface area (Å²) in [5.74, 6) is -0.122. The topological polar surface area (TPSA) is 32.3 Å². The first-order valence-electron chi connectivity index (χ1n) is 6.97. The van der Waals surface area contributed by atoms with Gasteiger partial charge in [0.2, 0.25) is 5.91 Å². The molecule has 1 aliphatic heterocycles. The van der Waals surface area contributed by atoms with Crippen LogP contribution in [0.2, 0.25) is 0 Å². The molecule has 3 nitrogen and oxygen atoms in total. The van der Waals surface area contributed by atoms with E-state index in [0.717, 1.165) is 31.4 Å². The normalized spacial score (nSPS) is 18.2. The molecule has 0 spiro atoms. The van der Waals surface area contributed by atoms with Crippen molar-refractivity contribution in [2.45, 2.75) is 38.8 Å². The largest absolute Gasteiger partial charge is 0.337 e. The van der Waals surface area contributed by atoms with E-state index in [4.69, 9.17) is 0 Å². The third kappa shape index (κ3) is 4.46. The molecule has 1 heterocycles. The van der Waals surface area contributed by atoms with Gasteiger partial charge in [-0.25, -0.2) is 4.39 Å². The summed E-state index contributed by atoms with van der Waals surface area (Å²) in [6, 6.07) is 6.38. The maximum absolute atomic E-state index is 13.2. The number of hydrogen-bond donors (Lipinski definition) is 1. The maximum Gasteiger partial charge on any atom is 0.239 e. The van der Waals surface area contributed by atoms with E-state index in [1.54, 1.807) is 11.0 Å². The van der Waals surface area contributed by atoms with Crippen molar-refractivity contribution in [1.82, 2.24) is 10.2 Å². The van der Waals surface area contributed by atoms with Crippen molar-refractivity contribution in [3.05, 3.63) is 35.6 Å². The molecule has 0 saturated carbocycles. The van der Waals surface area contributed by atoms with Crippen LogP contribution < -0.4 is 5.32 Å². The van der Waals surface area contributed by atoms with Crippen LogP contribution in [0.15, 0.2) is 24.3 Å². The Bertz CT molecular complexity index is 436. The zero-order valence-corrected chi connectivity index (χ0v) is 12.6. The molecule has 0 bridgehead atoms. The van der Waals surface area contributed by atoms with E-state index < -0.39 is 0 Å². The van der Waals surface area contributed by atoms with Gasteiger partial charge in [0.05, 0.1) is 6.04 Å². The molecule has 2 rings (SSSR count). The lowest BCUT2D eigenvalue weighted by atomic mass is 10.0. The minimum Gasteiger partial charge on any atom is -0.337 e. The summed E-state index contributed by atoms with van der Waals surface area (Å²) in [6.45, 7) is 3.99. The average Bonchev–Trinajstić information content (AvgIpc) is 2.45. The lowest BCUT2D eigenvalue weighted by Gasteiger charge is -2.29. The molecule has 1 aromatic carbocycles. The number of carbonyl (C=O) groups excluding carboxylic acids is 1. The number of hydrogen-bond acceptors (Lipinski definition) is 2. The molecule has 20 heavy (non-hydrogen) atoms. The number of likely N-dealkylation sites (N-methyl/N-ethyl adjacent to an activating group) is 1. The van der Waals surface area contributed by atoms with Crippen LogP contribution in [0.25, 0.3) is 0 Å². The third-order valence-corrected chi connectivity index (χ3v) is 3.56. The Morgan fingerprint density at radius 1 is 1.45 bits per heavy atom. The summed E-state index contributed by atoms with van der Waals surface area (Å²) in [5, 5.41) is 3.27. The second-order valence-electron chi connectivity index (χ2n) is 4.98. The van der Waals surface area contributed by atoms with Crippen molar-refractivity contribution in [3.8, 4) is 0 Å². The Labute approximate surface area is 125 Å². The summed E-state index contributed by atoms with van der Waals surface area (Å²) in [6.07, 6.45) is 3.14. The predicted molar refractivity (Wildman–Crippen MR) is 80.4 cm³/mol. The first kappa shape index (κ1) is 16.9. The molecule has 0 aromatic heterocycles. The molecule has 0 aliphatic carbocycles. The number of carbonyl (C=O) groups is 1. The van der Waals surface area contributed by atoms with Crippen molar-refractivity contribution in [3.63, 3.8) is 0 Å². The number of nitrogens with zero attached hydrogens (tertiary/aromatic N) is 1. The molecule has 112 valence electrons. The summed E-state index contributed by atoms with van der Waals surface area (Å²) >= 11 is 0. The van der Waals surface area contributed by atoms with E-state index in [1.165, 1.54) is 12.1 Å². The van der Waals surface area contributed by atoms with Gasteiger partial charge in [0.15, 0.2) is 0 Å². The van der Waals surface area contributed by atoms with Gasteiger partial charge in [-0.2, -0.15) is 0 Å². The van der Waals surface area contributed by atoms with Crippen molar-refractivity contribution < 1.29 is 9.18 Å². The van der Waals surface area contributed by atoms with Crippen molar-refractivity contribution in [2.75, 3.05) is 13.1 Å². The molecule has 1 fully saturated rings. The first-order chi connectivity index (χ1) is 9.20. The number of nitrogens with one attached hydrogen (secondary N) is 1. The Balaban J connectivity index is 0.00000200. The highest BCUT2D eigenvalue weighted by atomic mass is 35.5. The van der Waals surface area contributed by atoms with E-state index in [9.17, 15) is 9.18 Å². The monoisotopic (exact) mass is 300 g/mol. The molecule has 1 aromatic rings. The summed E-state index contributed by atoms with van der Waals surface area (Å²) in [5.41, 5.74) is 0.839.